The summed E-state index contributed by atoms with van der Waals surface area (Å²) in [7, 11) is 3.56. The lowest BCUT2D eigenvalue weighted by atomic mass is 10.1. The molecule has 1 aromatic carbocycles. The second-order valence-corrected chi connectivity index (χ2v) is 4.17. The van der Waals surface area contributed by atoms with Crippen LogP contribution in [0.15, 0.2) is 54.4 Å². The van der Waals surface area contributed by atoms with E-state index < -0.39 is 0 Å². The van der Waals surface area contributed by atoms with Gasteiger partial charge in [0.1, 0.15) is 5.75 Å². The van der Waals surface area contributed by atoms with Gasteiger partial charge in [-0.2, -0.15) is 0 Å². The number of ether oxygens (including phenoxy) is 1. The third-order valence-electron chi connectivity index (χ3n) is 2.87. The topological polar surface area (TPSA) is 24.5 Å². The van der Waals surface area contributed by atoms with E-state index in [9.17, 15) is 0 Å². The molecule has 4 heteroatoms. The molecule has 1 heterocycles. The number of nitrogens with one attached hydrogen (secondary N) is 1. The zero-order valence-corrected chi connectivity index (χ0v) is 11.8. The second-order valence-electron chi connectivity index (χ2n) is 3.96. The van der Waals surface area contributed by atoms with Gasteiger partial charge in [-0.15, -0.1) is 0 Å². The Morgan fingerprint density at radius 1 is 1.37 bits per heavy atom. The number of nitrogens with zero attached hydrogens (tertiary/aromatic N) is 1. The molecule has 2 rings (SSSR count). The van der Waals surface area contributed by atoms with Gasteiger partial charge in [0, 0.05) is 18.8 Å². The monoisotopic (exact) mass is 272 g/mol. The highest BCUT2D eigenvalue weighted by molar-refractivity contribution is 7.78. The molecule has 1 aliphatic rings. The molecule has 19 heavy (non-hydrogen) atoms. The summed E-state index contributed by atoms with van der Waals surface area (Å²) in [5.41, 5.74) is 4.68. The maximum absolute atomic E-state index is 5.27. The van der Waals surface area contributed by atoms with Crippen molar-refractivity contribution in [3.8, 4) is 5.75 Å². The van der Waals surface area contributed by atoms with Crippen LogP contribution < -0.4 is 10.1 Å². The fourth-order valence-corrected chi connectivity index (χ4v) is 2.14. The van der Waals surface area contributed by atoms with Crippen molar-refractivity contribution in [2.45, 2.75) is 0 Å². The predicted octanol–water partition coefficient (Wildman–Crippen LogP) is 2.93. The molecule has 0 bridgehead atoms. The maximum atomic E-state index is 5.27. The van der Waals surface area contributed by atoms with Gasteiger partial charge in [-0.3, -0.25) is 0 Å². The molecule has 0 aromatic heterocycles. The Hall–Kier alpha value is -2.07. The fourth-order valence-electron chi connectivity index (χ4n) is 1.96. The highest BCUT2D eigenvalue weighted by Gasteiger charge is 2.12. The van der Waals surface area contributed by atoms with Crippen LogP contribution in [0.5, 0.6) is 5.75 Å². The van der Waals surface area contributed by atoms with Crippen LogP contribution in [0, 0.1) is 0 Å². The standard InChI is InChI=1S/C15H16N2OS/c1-16-15(12-6-5-7-13(10-12)18-2)14-8-3-4-9-17(14)11-19/h3-11,16H,1-2H3/b15-14-. The molecule has 3 nitrogen and oxygen atoms in total. The molecule has 0 unspecified atom stereocenters. The zero-order chi connectivity index (χ0) is 13.7. The van der Waals surface area contributed by atoms with Gasteiger partial charge in [0.2, 0.25) is 0 Å². The Labute approximate surface area is 118 Å². The first-order chi connectivity index (χ1) is 9.30. The molecule has 98 valence electrons. The summed E-state index contributed by atoms with van der Waals surface area (Å²) >= 11 is 5.04. The fraction of sp³-hybridized carbons (Fsp3) is 0.133. The van der Waals surface area contributed by atoms with Gasteiger partial charge in [0.15, 0.2) is 0 Å². The smallest absolute Gasteiger partial charge is 0.119 e. The van der Waals surface area contributed by atoms with E-state index in [4.69, 9.17) is 17.0 Å². The van der Waals surface area contributed by atoms with E-state index in [0.29, 0.717) is 0 Å². The average Bonchev–Trinajstić information content (AvgIpc) is 2.49. The first kappa shape index (κ1) is 13.4. The summed E-state index contributed by atoms with van der Waals surface area (Å²) in [6, 6.07) is 7.92. The van der Waals surface area contributed by atoms with Crippen LogP contribution in [0.25, 0.3) is 5.70 Å². The van der Waals surface area contributed by atoms with E-state index in [2.05, 4.69) is 5.32 Å². The van der Waals surface area contributed by atoms with Crippen molar-refractivity contribution in [2.24, 2.45) is 0 Å². The molecule has 0 atom stereocenters. The lowest BCUT2D eigenvalue weighted by molar-refractivity contribution is 0.414. The Morgan fingerprint density at radius 3 is 2.89 bits per heavy atom. The van der Waals surface area contributed by atoms with E-state index in [1.807, 2.05) is 60.6 Å². The molecule has 0 saturated heterocycles. The van der Waals surface area contributed by atoms with Crippen molar-refractivity contribution in [3.05, 3.63) is 60.0 Å². The summed E-state index contributed by atoms with van der Waals surface area (Å²) in [6.07, 6.45) is 7.89. The van der Waals surface area contributed by atoms with E-state index >= 15 is 0 Å². The molecule has 0 fully saturated rings. The van der Waals surface area contributed by atoms with E-state index in [0.717, 1.165) is 22.7 Å². The number of benzene rings is 1. The Balaban J connectivity index is 2.51. The molecule has 1 N–H and O–H groups in total. The molecule has 0 spiro atoms. The number of methoxy groups -OCH3 is 1. The number of hydrogen-bond acceptors (Lipinski definition) is 3. The van der Waals surface area contributed by atoms with Crippen molar-refractivity contribution in [1.29, 1.82) is 0 Å². The summed E-state index contributed by atoms with van der Waals surface area (Å²) in [6.45, 7) is 0. The normalized spacial score (nSPS) is 16.2. The SMILES string of the molecule is CN/C(=C1/C=CC=CN1C=S)c1cccc(OC)c1. The third kappa shape index (κ3) is 2.85. The zero-order valence-electron chi connectivity index (χ0n) is 11.0. The van der Waals surface area contributed by atoms with Crippen LogP contribution in [0.3, 0.4) is 0 Å². The molecular formula is C15H16N2OS. The summed E-state index contributed by atoms with van der Waals surface area (Å²) < 4.78 is 5.27. The highest BCUT2D eigenvalue weighted by atomic mass is 32.1. The first-order valence-electron chi connectivity index (χ1n) is 5.95. The van der Waals surface area contributed by atoms with Gasteiger partial charge in [0.25, 0.3) is 0 Å². The second kappa shape index (κ2) is 6.20. The van der Waals surface area contributed by atoms with Crippen molar-refractivity contribution >= 4 is 23.4 Å². The van der Waals surface area contributed by atoms with Gasteiger partial charge < -0.3 is 15.0 Å². The Morgan fingerprint density at radius 2 is 2.21 bits per heavy atom. The molecule has 0 saturated carbocycles. The number of hydrogen-bond donors (Lipinski definition) is 1. The van der Waals surface area contributed by atoms with E-state index in [1.54, 1.807) is 12.6 Å². The summed E-state index contributed by atoms with van der Waals surface area (Å²) in [5, 5.41) is 3.23. The van der Waals surface area contributed by atoms with Gasteiger partial charge in [-0.25, -0.2) is 0 Å². The number of rotatable bonds is 4. The molecular weight excluding hydrogens is 256 g/mol. The lowest BCUT2D eigenvalue weighted by Crippen LogP contribution is -2.20. The van der Waals surface area contributed by atoms with Crippen molar-refractivity contribution in [1.82, 2.24) is 10.2 Å². The minimum absolute atomic E-state index is 0.829. The predicted molar refractivity (Wildman–Crippen MR) is 82.7 cm³/mol. The van der Waals surface area contributed by atoms with Crippen molar-refractivity contribution in [2.75, 3.05) is 14.2 Å². The average molecular weight is 272 g/mol. The highest BCUT2D eigenvalue weighted by Crippen LogP contribution is 2.24. The molecule has 1 aliphatic heterocycles. The first-order valence-corrected chi connectivity index (χ1v) is 6.42. The van der Waals surface area contributed by atoms with Crippen LogP contribution >= 0.6 is 12.2 Å². The lowest BCUT2D eigenvalue weighted by Gasteiger charge is -2.22. The third-order valence-corrected chi connectivity index (χ3v) is 3.10. The molecule has 0 radical (unpaired) electrons. The molecule has 1 aromatic rings. The van der Waals surface area contributed by atoms with Crippen LogP contribution in [0.4, 0.5) is 0 Å². The van der Waals surface area contributed by atoms with Crippen LogP contribution in [0.2, 0.25) is 0 Å². The van der Waals surface area contributed by atoms with Crippen LogP contribution in [0.1, 0.15) is 5.56 Å². The minimum Gasteiger partial charge on any atom is -0.497 e. The number of thiocarbonyl (C=S) groups is 1. The maximum Gasteiger partial charge on any atom is 0.119 e. The largest absolute Gasteiger partial charge is 0.497 e. The Bertz CT molecular complexity index is 561. The van der Waals surface area contributed by atoms with E-state index in [-0.39, 0.29) is 0 Å². The van der Waals surface area contributed by atoms with Gasteiger partial charge in [-0.1, -0.05) is 30.4 Å². The molecule has 0 amide bonds. The summed E-state index contributed by atoms with van der Waals surface area (Å²) in [5.74, 6) is 0.829. The van der Waals surface area contributed by atoms with Crippen LogP contribution in [-0.2, 0) is 0 Å². The van der Waals surface area contributed by atoms with Gasteiger partial charge in [-0.05, 0) is 24.3 Å². The Kier molecular flexibility index (Phi) is 4.36. The van der Waals surface area contributed by atoms with Crippen molar-refractivity contribution < 1.29 is 4.74 Å². The van der Waals surface area contributed by atoms with Crippen LogP contribution in [-0.4, -0.2) is 24.5 Å². The molecule has 0 aliphatic carbocycles. The van der Waals surface area contributed by atoms with E-state index in [1.165, 1.54) is 0 Å². The van der Waals surface area contributed by atoms with Gasteiger partial charge >= 0.3 is 0 Å². The van der Waals surface area contributed by atoms with Gasteiger partial charge in [0.05, 0.1) is 24.0 Å². The quantitative estimate of drug-likeness (QED) is 0.852. The minimum atomic E-state index is 0.829. The van der Waals surface area contributed by atoms with Crippen molar-refractivity contribution in [3.63, 3.8) is 0 Å². The number of allylic oxidation sites excluding steroid dienone is 3. The summed E-state index contributed by atoms with van der Waals surface area (Å²) in [4.78, 5) is 1.90.